The highest BCUT2D eigenvalue weighted by Gasteiger charge is 2.12. The molecular formula is C33H47N3O5. The Labute approximate surface area is 245 Å². The van der Waals surface area contributed by atoms with Crippen LogP contribution in [-0.2, 0) is 4.79 Å². The van der Waals surface area contributed by atoms with Crippen molar-refractivity contribution >= 4 is 11.8 Å². The molecule has 0 atom stereocenters. The zero-order valence-corrected chi connectivity index (χ0v) is 24.2. The number of phenolic OH excluding ortho intramolecular Hbond substituents is 3. The number of carbonyl (C=O) groups excluding carboxylic acids is 2. The lowest BCUT2D eigenvalue weighted by Gasteiger charge is -2.09. The zero-order chi connectivity index (χ0) is 30.0. The van der Waals surface area contributed by atoms with Gasteiger partial charge in [0.25, 0.3) is 5.91 Å². The molecule has 0 aromatic heterocycles. The average molecular weight is 566 g/mol. The standard InChI is InChI=1S/C33H47N3O5/c1-2-3-4-5-6-7-8-9-10-11-12-13-14-15-16-17-18-19-20-21-31(39)35-24-22-34-23-25-36-33(41)28-26-29(37)32(40)30(38)27-28/h3-4,6-7,9-10,12-13,15-16,18-19,26-27,34,37-38,40H,2,5,8,11,14,17,20-25H2,1H3,(H,35,39)(H,36,41)/b4-3-,7-6-,10-9-,13-12-,16-15-,19-18-. The summed E-state index contributed by atoms with van der Waals surface area (Å²) < 4.78 is 0. The molecule has 0 bridgehead atoms. The van der Waals surface area contributed by atoms with Crippen molar-refractivity contribution in [2.45, 2.75) is 58.3 Å². The monoisotopic (exact) mass is 565 g/mol. The van der Waals surface area contributed by atoms with E-state index in [-0.39, 0.29) is 11.5 Å². The highest BCUT2D eigenvalue weighted by Crippen LogP contribution is 2.35. The number of rotatable bonds is 21. The Balaban J connectivity index is 1.97. The van der Waals surface area contributed by atoms with Gasteiger partial charge >= 0.3 is 0 Å². The number of aromatic hydroxyl groups is 3. The molecule has 0 radical (unpaired) electrons. The molecule has 0 spiro atoms. The van der Waals surface area contributed by atoms with Gasteiger partial charge in [0.05, 0.1) is 0 Å². The maximum Gasteiger partial charge on any atom is 0.251 e. The molecule has 1 aromatic carbocycles. The van der Waals surface area contributed by atoms with Crippen LogP contribution in [0.2, 0.25) is 0 Å². The van der Waals surface area contributed by atoms with E-state index in [9.17, 15) is 24.9 Å². The topological polar surface area (TPSA) is 131 Å². The van der Waals surface area contributed by atoms with E-state index in [0.29, 0.717) is 39.0 Å². The predicted molar refractivity (Wildman–Crippen MR) is 167 cm³/mol. The first kappa shape index (κ1) is 35.0. The molecule has 0 fully saturated rings. The SMILES string of the molecule is CC/C=C\C/C=C\C/C=C\C/C=C\C/C=C\C/C=C\CCC(=O)NCCNCCNC(=O)c1cc(O)c(O)c(O)c1. The normalized spacial score (nSPS) is 12.2. The number of amides is 2. The zero-order valence-electron chi connectivity index (χ0n) is 24.2. The van der Waals surface area contributed by atoms with Crippen molar-refractivity contribution in [2.75, 3.05) is 26.2 Å². The summed E-state index contributed by atoms with van der Waals surface area (Å²) in [5, 5.41) is 36.9. The minimum Gasteiger partial charge on any atom is -0.504 e. The molecule has 0 aliphatic rings. The molecule has 1 aromatic rings. The Bertz CT molecular complexity index is 1050. The fraction of sp³-hybridized carbons (Fsp3) is 0.394. The molecule has 1 rings (SSSR count). The van der Waals surface area contributed by atoms with Gasteiger partial charge in [-0.15, -0.1) is 0 Å². The summed E-state index contributed by atoms with van der Waals surface area (Å²) in [5.74, 6) is -2.29. The number of hydrogen-bond acceptors (Lipinski definition) is 6. The van der Waals surface area contributed by atoms with Gasteiger partial charge in [-0.05, 0) is 57.1 Å². The Morgan fingerprint density at radius 3 is 1.56 bits per heavy atom. The van der Waals surface area contributed by atoms with Crippen molar-refractivity contribution in [3.05, 3.63) is 90.6 Å². The Kier molecular flexibility index (Phi) is 20.3. The molecule has 0 saturated heterocycles. The molecule has 2 amide bonds. The van der Waals surface area contributed by atoms with Crippen LogP contribution in [0.4, 0.5) is 0 Å². The van der Waals surface area contributed by atoms with Crippen molar-refractivity contribution in [2.24, 2.45) is 0 Å². The molecule has 0 unspecified atom stereocenters. The quantitative estimate of drug-likeness (QED) is 0.0643. The Hall–Kier alpha value is -4.04. The second-order valence-corrected chi connectivity index (χ2v) is 9.17. The van der Waals surface area contributed by atoms with Crippen molar-refractivity contribution in [3.8, 4) is 17.2 Å². The lowest BCUT2D eigenvalue weighted by Crippen LogP contribution is -2.36. The van der Waals surface area contributed by atoms with E-state index in [1.807, 2.05) is 6.08 Å². The molecule has 0 aliphatic carbocycles. The summed E-state index contributed by atoms with van der Waals surface area (Å²) in [4.78, 5) is 23.9. The average Bonchev–Trinajstić information content (AvgIpc) is 2.96. The van der Waals surface area contributed by atoms with Crippen LogP contribution in [0.3, 0.4) is 0 Å². The summed E-state index contributed by atoms with van der Waals surface area (Å²) in [6.45, 7) is 3.98. The maximum absolute atomic E-state index is 12.0. The van der Waals surface area contributed by atoms with Crippen molar-refractivity contribution in [1.82, 2.24) is 16.0 Å². The third-order valence-electron chi connectivity index (χ3n) is 5.68. The molecular weight excluding hydrogens is 518 g/mol. The smallest absolute Gasteiger partial charge is 0.251 e. The van der Waals surface area contributed by atoms with Crippen LogP contribution in [0.1, 0.15) is 68.6 Å². The minimum atomic E-state index is -0.664. The van der Waals surface area contributed by atoms with Crippen LogP contribution in [0.5, 0.6) is 17.2 Å². The lowest BCUT2D eigenvalue weighted by molar-refractivity contribution is -0.120. The molecule has 8 nitrogen and oxygen atoms in total. The van der Waals surface area contributed by atoms with Gasteiger partial charge in [0, 0.05) is 38.2 Å². The van der Waals surface area contributed by atoms with Gasteiger partial charge in [-0.1, -0.05) is 79.8 Å². The predicted octanol–water partition coefficient (Wildman–Crippen LogP) is 5.72. The number of allylic oxidation sites excluding steroid dienone is 12. The van der Waals surface area contributed by atoms with E-state index >= 15 is 0 Å². The Morgan fingerprint density at radius 1 is 0.634 bits per heavy atom. The summed E-state index contributed by atoms with van der Waals surface area (Å²) in [7, 11) is 0. The molecule has 8 heteroatoms. The number of phenols is 3. The van der Waals surface area contributed by atoms with Crippen LogP contribution in [0, 0.1) is 0 Å². The van der Waals surface area contributed by atoms with Crippen LogP contribution in [-0.4, -0.2) is 53.3 Å². The molecule has 0 aliphatic heterocycles. The van der Waals surface area contributed by atoms with Gasteiger partial charge in [0.2, 0.25) is 5.91 Å². The largest absolute Gasteiger partial charge is 0.504 e. The van der Waals surface area contributed by atoms with Crippen LogP contribution in [0.25, 0.3) is 0 Å². The fourth-order valence-electron chi connectivity index (χ4n) is 3.46. The van der Waals surface area contributed by atoms with E-state index in [1.165, 1.54) is 0 Å². The van der Waals surface area contributed by atoms with E-state index in [2.05, 4.69) is 89.7 Å². The van der Waals surface area contributed by atoms with E-state index in [1.54, 1.807) is 0 Å². The van der Waals surface area contributed by atoms with Gasteiger partial charge in [0.1, 0.15) is 0 Å². The summed E-state index contributed by atoms with van der Waals surface area (Å²) >= 11 is 0. The number of carbonyl (C=O) groups is 2. The molecule has 41 heavy (non-hydrogen) atoms. The van der Waals surface area contributed by atoms with Crippen LogP contribution in [0.15, 0.2) is 85.0 Å². The minimum absolute atomic E-state index is 0.00780. The van der Waals surface area contributed by atoms with Gasteiger partial charge < -0.3 is 31.3 Å². The van der Waals surface area contributed by atoms with E-state index in [4.69, 9.17) is 0 Å². The first-order chi connectivity index (χ1) is 20.0. The summed E-state index contributed by atoms with van der Waals surface area (Å²) in [5.41, 5.74) is 0.0389. The van der Waals surface area contributed by atoms with Crippen LogP contribution >= 0.6 is 0 Å². The van der Waals surface area contributed by atoms with Crippen molar-refractivity contribution < 1.29 is 24.9 Å². The lowest BCUT2D eigenvalue weighted by atomic mass is 10.1. The number of hydrogen-bond donors (Lipinski definition) is 6. The number of nitrogens with one attached hydrogen (secondary N) is 3. The summed E-state index contributed by atoms with van der Waals surface area (Å²) in [6, 6.07) is 2.15. The molecule has 224 valence electrons. The van der Waals surface area contributed by atoms with Gasteiger partial charge in [-0.2, -0.15) is 0 Å². The highest BCUT2D eigenvalue weighted by molar-refractivity contribution is 5.95. The summed E-state index contributed by atoms with van der Waals surface area (Å²) in [6.07, 6.45) is 32.8. The number of benzene rings is 1. The first-order valence-corrected chi connectivity index (χ1v) is 14.4. The van der Waals surface area contributed by atoms with Crippen molar-refractivity contribution in [1.29, 1.82) is 0 Å². The molecule has 0 saturated carbocycles. The van der Waals surface area contributed by atoms with E-state index < -0.39 is 23.2 Å². The maximum atomic E-state index is 12.0. The molecule has 0 heterocycles. The molecule has 6 N–H and O–H groups in total. The fourth-order valence-corrected chi connectivity index (χ4v) is 3.46. The van der Waals surface area contributed by atoms with E-state index in [0.717, 1.165) is 50.7 Å². The first-order valence-electron chi connectivity index (χ1n) is 14.4. The highest BCUT2D eigenvalue weighted by atomic mass is 16.3. The van der Waals surface area contributed by atoms with Gasteiger partial charge in [-0.25, -0.2) is 0 Å². The van der Waals surface area contributed by atoms with Crippen LogP contribution < -0.4 is 16.0 Å². The third kappa shape index (κ3) is 18.8. The second kappa shape index (κ2) is 23.8. The van der Waals surface area contributed by atoms with Gasteiger partial charge in [-0.3, -0.25) is 9.59 Å². The van der Waals surface area contributed by atoms with Crippen molar-refractivity contribution in [3.63, 3.8) is 0 Å². The van der Waals surface area contributed by atoms with Gasteiger partial charge in [0.15, 0.2) is 17.2 Å². The third-order valence-corrected chi connectivity index (χ3v) is 5.68. The Morgan fingerprint density at radius 2 is 1.07 bits per heavy atom. The second-order valence-electron chi connectivity index (χ2n) is 9.17.